The molecule has 0 aliphatic rings. The van der Waals surface area contributed by atoms with Gasteiger partial charge in [0, 0.05) is 21.5 Å². The van der Waals surface area contributed by atoms with Crippen molar-refractivity contribution >= 4 is 44.4 Å². The third-order valence-electron chi connectivity index (χ3n) is 3.42. The highest BCUT2D eigenvalue weighted by atomic mass is 79.9. The van der Waals surface area contributed by atoms with Crippen LogP contribution in [0.15, 0.2) is 64.5 Å². The predicted molar refractivity (Wildman–Crippen MR) is 106 cm³/mol. The first kappa shape index (κ1) is 17.4. The summed E-state index contributed by atoms with van der Waals surface area (Å²) in [6.07, 6.45) is 3.26. The number of hydrogen-bond donors (Lipinski definition) is 1. The van der Waals surface area contributed by atoms with Gasteiger partial charge in [-0.2, -0.15) is 0 Å². The minimum atomic E-state index is -0.210. The largest absolute Gasteiger partial charge is 0.497 e. The van der Waals surface area contributed by atoms with Crippen LogP contribution in [0.4, 0.5) is 5.13 Å². The lowest BCUT2D eigenvalue weighted by Gasteiger charge is -2.00. The quantitative estimate of drug-likeness (QED) is 0.581. The van der Waals surface area contributed by atoms with E-state index in [9.17, 15) is 4.79 Å². The first-order valence-corrected chi connectivity index (χ1v) is 9.16. The molecule has 0 radical (unpaired) electrons. The fourth-order valence-corrected chi connectivity index (χ4v) is 3.11. The molecule has 1 amide bonds. The molecular weight excluding hydrogens is 400 g/mol. The van der Waals surface area contributed by atoms with Gasteiger partial charge in [0.1, 0.15) is 5.75 Å². The van der Waals surface area contributed by atoms with Crippen LogP contribution in [-0.2, 0) is 4.79 Å². The van der Waals surface area contributed by atoms with Gasteiger partial charge in [0.2, 0.25) is 5.91 Å². The van der Waals surface area contributed by atoms with Crippen LogP contribution >= 0.6 is 27.3 Å². The number of carbonyl (C=O) groups is 1. The van der Waals surface area contributed by atoms with Gasteiger partial charge in [0.15, 0.2) is 5.13 Å². The summed E-state index contributed by atoms with van der Waals surface area (Å²) in [5, 5.41) is 5.26. The maximum absolute atomic E-state index is 12.0. The summed E-state index contributed by atoms with van der Waals surface area (Å²) in [4.78, 5) is 16.5. The molecule has 2 aromatic carbocycles. The molecule has 6 heteroatoms. The van der Waals surface area contributed by atoms with E-state index in [1.54, 1.807) is 13.2 Å². The molecule has 1 aromatic heterocycles. The van der Waals surface area contributed by atoms with Crippen LogP contribution in [0.3, 0.4) is 0 Å². The normalized spacial score (nSPS) is 10.8. The second kappa shape index (κ2) is 8.09. The zero-order valence-corrected chi connectivity index (χ0v) is 15.8. The number of halogens is 1. The number of nitrogens with zero attached hydrogens (tertiary/aromatic N) is 1. The molecule has 1 heterocycles. The summed E-state index contributed by atoms with van der Waals surface area (Å²) in [6, 6.07) is 15.4. The number of amides is 1. The van der Waals surface area contributed by atoms with Crippen molar-refractivity contribution < 1.29 is 9.53 Å². The van der Waals surface area contributed by atoms with Gasteiger partial charge in [0.25, 0.3) is 0 Å². The summed E-state index contributed by atoms with van der Waals surface area (Å²) >= 11 is 4.77. The molecule has 3 rings (SSSR count). The monoisotopic (exact) mass is 414 g/mol. The van der Waals surface area contributed by atoms with Crippen LogP contribution in [-0.4, -0.2) is 18.0 Å². The zero-order chi connectivity index (χ0) is 17.6. The van der Waals surface area contributed by atoms with Crippen molar-refractivity contribution in [3.05, 3.63) is 70.0 Å². The van der Waals surface area contributed by atoms with E-state index in [0.717, 1.165) is 27.0 Å². The first-order valence-electron chi connectivity index (χ1n) is 7.48. The predicted octanol–water partition coefficient (Wildman–Crippen LogP) is 5.23. The van der Waals surface area contributed by atoms with E-state index in [1.807, 2.05) is 53.9 Å². The molecule has 0 spiro atoms. The van der Waals surface area contributed by atoms with Gasteiger partial charge in [-0.05, 0) is 48.0 Å². The average Bonchev–Trinajstić information content (AvgIpc) is 3.10. The summed E-state index contributed by atoms with van der Waals surface area (Å²) in [5.41, 5.74) is 2.75. The molecule has 0 atom stereocenters. The molecule has 0 saturated heterocycles. The van der Waals surface area contributed by atoms with Crippen molar-refractivity contribution in [2.45, 2.75) is 0 Å². The number of aromatic nitrogens is 1. The van der Waals surface area contributed by atoms with Crippen molar-refractivity contribution in [1.29, 1.82) is 0 Å². The lowest BCUT2D eigenvalue weighted by molar-refractivity contribution is -0.111. The maximum Gasteiger partial charge on any atom is 0.250 e. The number of hydrogen-bond acceptors (Lipinski definition) is 4. The van der Waals surface area contributed by atoms with Crippen LogP contribution in [0.25, 0.3) is 17.3 Å². The van der Waals surface area contributed by atoms with Crippen LogP contribution in [0.2, 0.25) is 0 Å². The lowest BCUT2D eigenvalue weighted by atomic mass is 10.2. The summed E-state index contributed by atoms with van der Waals surface area (Å²) in [5.74, 6) is 0.587. The molecule has 0 saturated carbocycles. The maximum atomic E-state index is 12.0. The summed E-state index contributed by atoms with van der Waals surface area (Å²) in [7, 11) is 1.63. The molecule has 0 fully saturated rings. The van der Waals surface area contributed by atoms with E-state index in [1.165, 1.54) is 17.4 Å². The Morgan fingerprint density at radius 2 is 1.88 bits per heavy atom. The number of thiazole rings is 1. The lowest BCUT2D eigenvalue weighted by Crippen LogP contribution is -2.07. The number of methoxy groups -OCH3 is 1. The zero-order valence-electron chi connectivity index (χ0n) is 13.4. The summed E-state index contributed by atoms with van der Waals surface area (Å²) < 4.78 is 6.15. The third kappa shape index (κ3) is 4.78. The Kier molecular flexibility index (Phi) is 5.63. The van der Waals surface area contributed by atoms with Gasteiger partial charge >= 0.3 is 0 Å². The fraction of sp³-hybridized carbons (Fsp3) is 0.0526. The highest BCUT2D eigenvalue weighted by Crippen LogP contribution is 2.26. The van der Waals surface area contributed by atoms with Gasteiger partial charge < -0.3 is 4.74 Å². The number of nitrogens with one attached hydrogen (secondary N) is 1. The standard InChI is InChI=1S/C19H15BrN2O2S/c1-24-16-9-5-14(6-10-16)17-12-25-19(21-17)22-18(23)11-4-13-2-7-15(20)8-3-13/h2-12H,1H3,(H,21,22,23)/b11-4-. The Morgan fingerprint density at radius 1 is 1.16 bits per heavy atom. The number of anilines is 1. The topological polar surface area (TPSA) is 51.2 Å². The Balaban J connectivity index is 1.64. The Bertz CT molecular complexity index is 887. The smallest absolute Gasteiger partial charge is 0.250 e. The van der Waals surface area contributed by atoms with E-state index < -0.39 is 0 Å². The Labute approximate surface area is 158 Å². The molecule has 0 aliphatic carbocycles. The van der Waals surface area contributed by atoms with Crippen LogP contribution in [0, 0.1) is 0 Å². The Hall–Kier alpha value is -2.44. The number of carbonyl (C=O) groups excluding carboxylic acids is 1. The van der Waals surface area contributed by atoms with Crippen molar-refractivity contribution in [1.82, 2.24) is 4.98 Å². The SMILES string of the molecule is COc1ccc(-c2csc(NC(=O)/C=C\c3ccc(Br)cc3)n2)cc1. The Morgan fingerprint density at radius 3 is 2.56 bits per heavy atom. The number of ether oxygens (including phenoxy) is 1. The van der Waals surface area contributed by atoms with Crippen molar-refractivity contribution in [3.63, 3.8) is 0 Å². The average molecular weight is 415 g/mol. The van der Waals surface area contributed by atoms with Crippen molar-refractivity contribution in [3.8, 4) is 17.0 Å². The van der Waals surface area contributed by atoms with Gasteiger partial charge in [-0.1, -0.05) is 28.1 Å². The second-order valence-electron chi connectivity index (χ2n) is 5.14. The molecule has 1 N–H and O–H groups in total. The molecule has 25 heavy (non-hydrogen) atoms. The fourth-order valence-electron chi connectivity index (χ4n) is 2.12. The van der Waals surface area contributed by atoms with E-state index in [0.29, 0.717) is 5.13 Å². The van der Waals surface area contributed by atoms with Gasteiger partial charge in [0.05, 0.1) is 12.8 Å². The molecule has 3 aromatic rings. The van der Waals surface area contributed by atoms with E-state index in [-0.39, 0.29) is 5.91 Å². The second-order valence-corrected chi connectivity index (χ2v) is 6.91. The van der Waals surface area contributed by atoms with E-state index in [4.69, 9.17) is 4.74 Å². The highest BCUT2D eigenvalue weighted by molar-refractivity contribution is 9.10. The molecule has 126 valence electrons. The van der Waals surface area contributed by atoms with Crippen LogP contribution in [0.1, 0.15) is 5.56 Å². The minimum Gasteiger partial charge on any atom is -0.497 e. The molecule has 0 aliphatic heterocycles. The van der Waals surface area contributed by atoms with E-state index >= 15 is 0 Å². The number of benzene rings is 2. The van der Waals surface area contributed by atoms with E-state index in [2.05, 4.69) is 26.2 Å². The van der Waals surface area contributed by atoms with Gasteiger partial charge in [-0.3, -0.25) is 10.1 Å². The van der Waals surface area contributed by atoms with Crippen LogP contribution < -0.4 is 10.1 Å². The number of rotatable bonds is 5. The van der Waals surface area contributed by atoms with Crippen molar-refractivity contribution in [2.75, 3.05) is 12.4 Å². The minimum absolute atomic E-state index is 0.210. The van der Waals surface area contributed by atoms with Gasteiger partial charge in [-0.15, -0.1) is 11.3 Å². The summed E-state index contributed by atoms with van der Waals surface area (Å²) in [6.45, 7) is 0. The highest BCUT2D eigenvalue weighted by Gasteiger charge is 2.06. The third-order valence-corrected chi connectivity index (χ3v) is 4.70. The van der Waals surface area contributed by atoms with Crippen LogP contribution in [0.5, 0.6) is 5.75 Å². The first-order chi connectivity index (χ1) is 12.1. The molecular formula is C19H15BrN2O2S. The van der Waals surface area contributed by atoms with Crippen molar-refractivity contribution in [2.24, 2.45) is 0 Å². The molecule has 0 bridgehead atoms. The van der Waals surface area contributed by atoms with Gasteiger partial charge in [-0.25, -0.2) is 4.98 Å². The molecule has 0 unspecified atom stereocenters. The molecule has 4 nitrogen and oxygen atoms in total.